The van der Waals surface area contributed by atoms with E-state index < -0.39 is 10.7 Å². The third-order valence-electron chi connectivity index (χ3n) is 6.94. The van der Waals surface area contributed by atoms with Gasteiger partial charge in [0.15, 0.2) is 6.04 Å². The number of nitrogens with one attached hydrogen (secondary N) is 2. The number of carbonyl (C=O) groups excluding carboxylic acids is 1. The number of nitrogens with two attached hydrogens (primary N) is 1. The fraction of sp³-hybridized carbons (Fsp3) is 0.308. The summed E-state index contributed by atoms with van der Waals surface area (Å²) >= 11 is 0. The van der Waals surface area contributed by atoms with Gasteiger partial charge in [0.05, 0.1) is 0 Å². The number of amides is 1. The van der Waals surface area contributed by atoms with Crippen LogP contribution in [0.4, 0.5) is 5.69 Å². The molecule has 2 unspecified atom stereocenters. The number of nitrogen functional groups attached to an aromatic ring is 1. The summed E-state index contributed by atoms with van der Waals surface area (Å²) in [5.41, 5.74) is 8.58. The van der Waals surface area contributed by atoms with Gasteiger partial charge in [0.1, 0.15) is 18.1 Å². The fourth-order valence-corrected chi connectivity index (χ4v) is 5.20. The van der Waals surface area contributed by atoms with E-state index in [1.807, 2.05) is 53.4 Å². The Morgan fingerprint density at radius 2 is 1.94 bits per heavy atom. The second-order valence-corrected chi connectivity index (χ2v) is 9.00. The van der Waals surface area contributed by atoms with E-state index in [-0.39, 0.29) is 18.3 Å². The minimum atomic E-state index is -0.757. The molecule has 0 saturated carbocycles. The smallest absolute Gasteiger partial charge is 0.282 e. The third-order valence-corrected chi connectivity index (χ3v) is 6.94. The molecule has 3 aromatic rings. The first kappa shape index (κ1) is 21.6. The first-order valence-electron chi connectivity index (χ1n) is 11.5. The van der Waals surface area contributed by atoms with E-state index >= 15 is 0 Å². The SMILES string of the molecule is N=C(N)c1ccc2c(c1)[N+]([O-])(Cc1cccc3ccccc13)C(C(=O)N1CCCNCC1)C2. The first-order chi connectivity index (χ1) is 16.0. The summed E-state index contributed by atoms with van der Waals surface area (Å²) in [5, 5.41) is 28.1. The summed E-state index contributed by atoms with van der Waals surface area (Å²) in [6.07, 6.45) is 1.27. The lowest BCUT2D eigenvalue weighted by atomic mass is 10.0. The topological polar surface area (TPSA) is 105 Å². The predicted molar refractivity (Wildman–Crippen MR) is 132 cm³/mol. The molecule has 170 valence electrons. The number of rotatable bonds is 4. The van der Waals surface area contributed by atoms with Crippen LogP contribution in [0.15, 0.2) is 60.7 Å². The fourth-order valence-electron chi connectivity index (χ4n) is 5.20. The maximum Gasteiger partial charge on any atom is 0.282 e. The van der Waals surface area contributed by atoms with Crippen molar-refractivity contribution in [1.29, 1.82) is 5.41 Å². The number of hydrogen-bond donors (Lipinski definition) is 3. The van der Waals surface area contributed by atoms with Gasteiger partial charge in [-0.1, -0.05) is 54.6 Å². The molecule has 2 atom stereocenters. The van der Waals surface area contributed by atoms with E-state index in [0.717, 1.165) is 41.4 Å². The maximum absolute atomic E-state index is 14.8. The van der Waals surface area contributed by atoms with E-state index in [1.165, 1.54) is 0 Å². The standard InChI is InChI=1S/C26H29N5O2/c27-25(28)20-10-9-19-15-24(26(32)30-13-4-11-29-12-14-30)31(33,23(19)16-20)17-21-7-3-6-18-5-1-2-8-22(18)21/h1-3,5-10,16,24,29H,4,11-15,17H2,(H3,27,28). The van der Waals surface area contributed by atoms with Crippen LogP contribution in [0.1, 0.15) is 23.1 Å². The Hall–Kier alpha value is -3.26. The molecule has 3 aromatic carbocycles. The van der Waals surface area contributed by atoms with Crippen molar-refractivity contribution in [2.24, 2.45) is 5.73 Å². The van der Waals surface area contributed by atoms with Crippen LogP contribution >= 0.6 is 0 Å². The summed E-state index contributed by atoms with van der Waals surface area (Å²) in [6.45, 7) is 3.04. The van der Waals surface area contributed by atoms with Crippen molar-refractivity contribution in [2.45, 2.75) is 25.4 Å². The predicted octanol–water partition coefficient (Wildman–Crippen LogP) is 2.88. The van der Waals surface area contributed by atoms with Crippen molar-refractivity contribution in [3.63, 3.8) is 0 Å². The van der Waals surface area contributed by atoms with E-state index in [2.05, 4.69) is 5.32 Å². The van der Waals surface area contributed by atoms with E-state index in [1.54, 1.807) is 12.1 Å². The molecule has 0 spiro atoms. The molecule has 7 nitrogen and oxygen atoms in total. The summed E-state index contributed by atoms with van der Waals surface area (Å²) in [6, 6.07) is 18.6. The normalized spacial score (nSPS) is 22.7. The van der Waals surface area contributed by atoms with Crippen LogP contribution < -0.4 is 15.7 Å². The van der Waals surface area contributed by atoms with Gasteiger partial charge in [-0.3, -0.25) is 10.2 Å². The number of benzene rings is 3. The van der Waals surface area contributed by atoms with Crippen LogP contribution in [0.5, 0.6) is 0 Å². The number of hydrogen-bond acceptors (Lipinski definition) is 4. The lowest BCUT2D eigenvalue weighted by molar-refractivity contribution is -0.135. The van der Waals surface area contributed by atoms with Gasteiger partial charge in [-0.2, -0.15) is 0 Å². The van der Waals surface area contributed by atoms with E-state index in [4.69, 9.17) is 11.1 Å². The minimum Gasteiger partial charge on any atom is -0.627 e. The monoisotopic (exact) mass is 443 g/mol. The Balaban J connectivity index is 1.60. The van der Waals surface area contributed by atoms with Crippen LogP contribution in [0.2, 0.25) is 0 Å². The largest absolute Gasteiger partial charge is 0.627 e. The highest BCUT2D eigenvalue weighted by Gasteiger charge is 2.47. The molecule has 0 bridgehead atoms. The second kappa shape index (κ2) is 8.59. The zero-order valence-electron chi connectivity index (χ0n) is 18.6. The van der Waals surface area contributed by atoms with E-state index in [0.29, 0.717) is 30.8 Å². The average molecular weight is 444 g/mol. The zero-order valence-corrected chi connectivity index (χ0v) is 18.6. The highest BCUT2D eigenvalue weighted by atomic mass is 16.6. The van der Waals surface area contributed by atoms with Crippen LogP contribution in [0, 0.1) is 10.6 Å². The molecule has 1 saturated heterocycles. The molecular weight excluding hydrogens is 414 g/mol. The Morgan fingerprint density at radius 3 is 2.79 bits per heavy atom. The molecule has 0 radical (unpaired) electrons. The van der Waals surface area contributed by atoms with Gasteiger partial charge >= 0.3 is 0 Å². The molecule has 2 aliphatic rings. The summed E-state index contributed by atoms with van der Waals surface area (Å²) < 4.78 is -0.757. The molecule has 0 aromatic heterocycles. The quantitative estimate of drug-likeness (QED) is 0.250. The lowest BCUT2D eigenvalue weighted by Crippen LogP contribution is -2.57. The number of quaternary nitrogens is 1. The zero-order chi connectivity index (χ0) is 23.0. The first-order valence-corrected chi connectivity index (χ1v) is 11.5. The molecular formula is C26H29N5O2. The molecule has 2 aliphatic heterocycles. The van der Waals surface area contributed by atoms with Crippen LogP contribution in [-0.2, 0) is 17.8 Å². The van der Waals surface area contributed by atoms with Crippen molar-refractivity contribution in [3.05, 3.63) is 82.6 Å². The van der Waals surface area contributed by atoms with Crippen molar-refractivity contribution >= 4 is 28.2 Å². The molecule has 5 rings (SSSR count). The number of amidine groups is 1. The molecule has 33 heavy (non-hydrogen) atoms. The third kappa shape index (κ3) is 3.88. The Labute approximate surface area is 193 Å². The summed E-state index contributed by atoms with van der Waals surface area (Å²) in [7, 11) is 0. The van der Waals surface area contributed by atoms with Gasteiger partial charge < -0.3 is 25.8 Å². The molecule has 0 aliphatic carbocycles. The van der Waals surface area contributed by atoms with Gasteiger partial charge in [0.25, 0.3) is 5.91 Å². The lowest BCUT2D eigenvalue weighted by Gasteiger charge is -2.45. The summed E-state index contributed by atoms with van der Waals surface area (Å²) in [4.78, 5) is 15.6. The van der Waals surface area contributed by atoms with Crippen molar-refractivity contribution < 1.29 is 4.79 Å². The van der Waals surface area contributed by atoms with Gasteiger partial charge in [0.2, 0.25) is 0 Å². The molecule has 2 heterocycles. The number of carbonyl (C=O) groups is 1. The second-order valence-electron chi connectivity index (χ2n) is 9.00. The van der Waals surface area contributed by atoms with Crippen molar-refractivity contribution in [2.75, 3.05) is 26.2 Å². The molecule has 1 amide bonds. The highest BCUT2D eigenvalue weighted by molar-refractivity contribution is 5.97. The van der Waals surface area contributed by atoms with Crippen molar-refractivity contribution in [3.8, 4) is 0 Å². The van der Waals surface area contributed by atoms with Gasteiger partial charge in [-0.15, -0.1) is 0 Å². The number of fused-ring (bicyclic) bond motifs is 2. The van der Waals surface area contributed by atoms with Crippen LogP contribution in [-0.4, -0.2) is 48.9 Å². The van der Waals surface area contributed by atoms with Gasteiger partial charge in [-0.05, 0) is 23.7 Å². The molecule has 1 fully saturated rings. The van der Waals surface area contributed by atoms with Crippen molar-refractivity contribution in [1.82, 2.24) is 14.9 Å². The maximum atomic E-state index is 14.8. The van der Waals surface area contributed by atoms with E-state index in [9.17, 15) is 10.0 Å². The molecule has 4 N–H and O–H groups in total. The van der Waals surface area contributed by atoms with Crippen LogP contribution in [0.3, 0.4) is 0 Å². The highest BCUT2D eigenvalue weighted by Crippen LogP contribution is 2.42. The summed E-state index contributed by atoms with van der Waals surface area (Å²) in [5.74, 6) is -0.169. The average Bonchev–Trinajstić information content (AvgIpc) is 2.98. The Bertz CT molecular complexity index is 1210. The van der Waals surface area contributed by atoms with Gasteiger partial charge in [-0.25, -0.2) is 0 Å². The number of hydroxylamine groups is 2. The Kier molecular flexibility index (Phi) is 5.62. The minimum absolute atomic E-state index is 0.0807. The van der Waals surface area contributed by atoms with Crippen LogP contribution in [0.25, 0.3) is 10.8 Å². The molecule has 7 heteroatoms. The number of nitrogens with zero attached hydrogens (tertiary/aromatic N) is 2. The van der Waals surface area contributed by atoms with Gasteiger partial charge in [0, 0.05) is 48.8 Å². The Morgan fingerprint density at radius 1 is 1.12 bits per heavy atom.